The topological polar surface area (TPSA) is 67.9 Å². The van der Waals surface area contributed by atoms with Crippen molar-refractivity contribution in [2.75, 3.05) is 18.7 Å². The predicted molar refractivity (Wildman–Crippen MR) is 91.7 cm³/mol. The normalized spacial score (nSPS) is 20.5. The third kappa shape index (κ3) is 2.65. The van der Waals surface area contributed by atoms with Gasteiger partial charge in [0, 0.05) is 23.9 Å². The third-order valence-corrected chi connectivity index (χ3v) is 4.85. The first kappa shape index (κ1) is 16.4. The number of amides is 2. The van der Waals surface area contributed by atoms with Gasteiger partial charge in [-0.3, -0.25) is 9.59 Å². The highest BCUT2D eigenvalue weighted by Gasteiger charge is 2.49. The van der Waals surface area contributed by atoms with Crippen molar-refractivity contribution in [3.8, 4) is 11.5 Å². The molecule has 26 heavy (non-hydrogen) atoms. The van der Waals surface area contributed by atoms with Crippen LogP contribution in [0, 0.1) is 5.82 Å². The van der Waals surface area contributed by atoms with E-state index in [-0.39, 0.29) is 24.2 Å². The lowest BCUT2D eigenvalue weighted by molar-refractivity contribution is -0.132. The van der Waals surface area contributed by atoms with E-state index in [4.69, 9.17) is 9.47 Å². The van der Waals surface area contributed by atoms with Crippen LogP contribution >= 0.6 is 0 Å². The second-order valence-electron chi connectivity index (χ2n) is 6.51. The largest absolute Gasteiger partial charge is 0.454 e. The highest BCUT2D eigenvalue weighted by molar-refractivity contribution is 6.04. The van der Waals surface area contributed by atoms with Crippen molar-refractivity contribution in [2.24, 2.45) is 0 Å². The lowest BCUT2D eigenvalue weighted by atomic mass is 9.84. The Labute approximate surface area is 149 Å². The lowest BCUT2D eigenvalue weighted by Gasteiger charge is -2.49. The molecule has 0 radical (unpaired) electrons. The lowest BCUT2D eigenvalue weighted by Crippen LogP contribution is -2.66. The number of nitrogens with one attached hydrogen (secondary N) is 1. The van der Waals surface area contributed by atoms with Crippen LogP contribution < -0.4 is 14.8 Å². The van der Waals surface area contributed by atoms with E-state index in [0.717, 1.165) is 0 Å². The molecule has 4 rings (SSSR count). The number of hydrogen-bond acceptors (Lipinski definition) is 4. The summed E-state index contributed by atoms with van der Waals surface area (Å²) in [6.07, 6.45) is 0.532. The molecule has 2 aromatic carbocycles. The number of carbonyl (C=O) groups is 2. The molecule has 7 heteroatoms. The first-order valence-electron chi connectivity index (χ1n) is 8.26. The van der Waals surface area contributed by atoms with Gasteiger partial charge >= 0.3 is 0 Å². The van der Waals surface area contributed by atoms with Gasteiger partial charge < -0.3 is 19.7 Å². The molecular weight excluding hydrogens is 339 g/mol. The van der Waals surface area contributed by atoms with Crippen molar-refractivity contribution in [1.29, 1.82) is 0 Å². The van der Waals surface area contributed by atoms with E-state index in [1.54, 1.807) is 31.2 Å². The Morgan fingerprint density at radius 1 is 1.15 bits per heavy atom. The van der Waals surface area contributed by atoms with Gasteiger partial charge in [0.15, 0.2) is 11.5 Å². The summed E-state index contributed by atoms with van der Waals surface area (Å²) in [4.78, 5) is 26.9. The van der Waals surface area contributed by atoms with E-state index in [1.807, 2.05) is 0 Å². The maximum Gasteiger partial charge on any atom is 0.254 e. The SMILES string of the molecule is CC1(C(=O)Nc2ccc3c(c2)OCO3)CCN1C(=O)c1cccc(F)c1. The molecular formula is C19H17FN2O4. The molecule has 0 bridgehead atoms. The van der Waals surface area contributed by atoms with Crippen LogP contribution in [-0.4, -0.2) is 35.6 Å². The molecule has 1 fully saturated rings. The Morgan fingerprint density at radius 2 is 1.96 bits per heavy atom. The van der Waals surface area contributed by atoms with Crippen LogP contribution in [0.25, 0.3) is 0 Å². The van der Waals surface area contributed by atoms with Gasteiger partial charge in [0.05, 0.1) is 0 Å². The van der Waals surface area contributed by atoms with Gasteiger partial charge in [-0.05, 0) is 43.7 Å². The number of ether oxygens (including phenoxy) is 2. The standard InChI is InChI=1S/C19H17FN2O4/c1-19(7-8-22(19)17(23)12-3-2-4-13(20)9-12)18(24)21-14-5-6-15-16(10-14)26-11-25-15/h2-6,9-10H,7-8,11H2,1H3,(H,21,24). The number of rotatable bonds is 3. The summed E-state index contributed by atoms with van der Waals surface area (Å²) in [5.41, 5.74) is -0.197. The summed E-state index contributed by atoms with van der Waals surface area (Å²) < 4.78 is 23.9. The molecule has 0 spiro atoms. The monoisotopic (exact) mass is 356 g/mol. The fourth-order valence-corrected chi connectivity index (χ4v) is 3.14. The zero-order valence-corrected chi connectivity index (χ0v) is 14.1. The van der Waals surface area contributed by atoms with Crippen LogP contribution in [0.15, 0.2) is 42.5 Å². The van der Waals surface area contributed by atoms with Gasteiger partial charge in [-0.2, -0.15) is 0 Å². The van der Waals surface area contributed by atoms with Crippen LogP contribution in [0.1, 0.15) is 23.7 Å². The first-order chi connectivity index (χ1) is 12.5. The molecule has 0 aliphatic carbocycles. The fourth-order valence-electron chi connectivity index (χ4n) is 3.14. The van der Waals surface area contributed by atoms with E-state index >= 15 is 0 Å². The number of fused-ring (bicyclic) bond motifs is 1. The zero-order chi connectivity index (χ0) is 18.3. The minimum absolute atomic E-state index is 0.153. The van der Waals surface area contributed by atoms with Crippen LogP contribution in [0.4, 0.5) is 10.1 Å². The molecule has 6 nitrogen and oxygen atoms in total. The molecule has 2 aliphatic rings. The number of likely N-dealkylation sites (tertiary alicyclic amines) is 1. The maximum atomic E-state index is 13.4. The molecule has 2 aromatic rings. The molecule has 1 unspecified atom stereocenters. The average Bonchev–Trinajstić information content (AvgIpc) is 3.07. The smallest absolute Gasteiger partial charge is 0.254 e. The Hall–Kier alpha value is -3.09. The van der Waals surface area contributed by atoms with Gasteiger partial charge in [-0.1, -0.05) is 6.07 Å². The van der Waals surface area contributed by atoms with Crippen molar-refractivity contribution < 1.29 is 23.5 Å². The molecule has 2 amide bonds. The second-order valence-corrected chi connectivity index (χ2v) is 6.51. The fraction of sp³-hybridized carbons (Fsp3) is 0.263. The summed E-state index contributed by atoms with van der Waals surface area (Å²) in [5, 5.41) is 2.82. The Morgan fingerprint density at radius 3 is 2.69 bits per heavy atom. The number of nitrogens with zero attached hydrogens (tertiary/aromatic N) is 1. The minimum atomic E-state index is -0.986. The zero-order valence-electron chi connectivity index (χ0n) is 14.1. The van der Waals surface area contributed by atoms with E-state index < -0.39 is 11.4 Å². The van der Waals surface area contributed by atoms with Gasteiger partial charge in [-0.15, -0.1) is 0 Å². The van der Waals surface area contributed by atoms with Gasteiger partial charge in [0.1, 0.15) is 11.4 Å². The van der Waals surface area contributed by atoms with Crippen molar-refractivity contribution >= 4 is 17.5 Å². The number of anilines is 1. The summed E-state index contributed by atoms with van der Waals surface area (Å²) in [5.74, 6) is 0.0457. The van der Waals surface area contributed by atoms with Crippen molar-refractivity contribution in [2.45, 2.75) is 18.9 Å². The summed E-state index contributed by atoms with van der Waals surface area (Å²) >= 11 is 0. The summed E-state index contributed by atoms with van der Waals surface area (Å²) in [6, 6.07) is 10.6. The van der Waals surface area contributed by atoms with Crippen LogP contribution in [-0.2, 0) is 4.79 Å². The Bertz CT molecular complexity index is 901. The number of carbonyl (C=O) groups excluding carboxylic acids is 2. The molecule has 0 aromatic heterocycles. The van der Waals surface area contributed by atoms with Gasteiger partial charge in [-0.25, -0.2) is 4.39 Å². The predicted octanol–water partition coefficient (Wildman–Crippen LogP) is 2.80. The van der Waals surface area contributed by atoms with Crippen molar-refractivity contribution in [3.05, 3.63) is 53.8 Å². The highest BCUT2D eigenvalue weighted by atomic mass is 19.1. The molecule has 1 saturated heterocycles. The van der Waals surface area contributed by atoms with Crippen molar-refractivity contribution in [3.63, 3.8) is 0 Å². The summed E-state index contributed by atoms with van der Waals surface area (Å²) in [7, 11) is 0. The number of benzene rings is 2. The third-order valence-electron chi connectivity index (χ3n) is 4.85. The summed E-state index contributed by atoms with van der Waals surface area (Å²) in [6.45, 7) is 2.30. The van der Waals surface area contributed by atoms with Crippen LogP contribution in [0.3, 0.4) is 0 Å². The first-order valence-corrected chi connectivity index (χ1v) is 8.26. The van der Waals surface area contributed by atoms with E-state index in [1.165, 1.54) is 23.1 Å². The number of halogens is 1. The average molecular weight is 356 g/mol. The van der Waals surface area contributed by atoms with Crippen LogP contribution in [0.2, 0.25) is 0 Å². The van der Waals surface area contributed by atoms with E-state index in [9.17, 15) is 14.0 Å². The molecule has 2 aliphatic heterocycles. The molecule has 134 valence electrons. The van der Waals surface area contributed by atoms with Gasteiger partial charge in [0.2, 0.25) is 12.7 Å². The second kappa shape index (κ2) is 6.01. The van der Waals surface area contributed by atoms with Crippen LogP contribution in [0.5, 0.6) is 11.5 Å². The molecule has 1 atom stereocenters. The highest BCUT2D eigenvalue weighted by Crippen LogP contribution is 2.36. The molecule has 1 N–H and O–H groups in total. The number of hydrogen-bond donors (Lipinski definition) is 1. The molecule has 2 heterocycles. The minimum Gasteiger partial charge on any atom is -0.454 e. The quantitative estimate of drug-likeness (QED) is 0.918. The van der Waals surface area contributed by atoms with Gasteiger partial charge in [0.25, 0.3) is 5.91 Å². The maximum absolute atomic E-state index is 13.4. The van der Waals surface area contributed by atoms with E-state index in [0.29, 0.717) is 30.2 Å². The van der Waals surface area contributed by atoms with Crippen molar-refractivity contribution in [1.82, 2.24) is 4.90 Å². The Balaban J connectivity index is 1.51. The Kier molecular flexibility index (Phi) is 3.79. The van der Waals surface area contributed by atoms with E-state index in [2.05, 4.69) is 5.32 Å². The molecule has 0 saturated carbocycles.